The minimum absolute atomic E-state index is 0.766. The van der Waals surface area contributed by atoms with E-state index in [0.29, 0.717) is 0 Å². The number of hydrogen-bond donors (Lipinski definition) is 2. The van der Waals surface area contributed by atoms with Crippen LogP contribution in [0.4, 0.5) is 0 Å². The van der Waals surface area contributed by atoms with E-state index in [4.69, 9.17) is 5.73 Å². The third kappa shape index (κ3) is 3.21. The van der Waals surface area contributed by atoms with Gasteiger partial charge in [0.1, 0.15) is 0 Å². The van der Waals surface area contributed by atoms with Crippen LogP contribution in [-0.2, 0) is 0 Å². The number of hydrogen-bond acceptors (Lipinski definition) is 2. The molecule has 0 aromatic heterocycles. The van der Waals surface area contributed by atoms with E-state index >= 15 is 0 Å². The molecule has 0 amide bonds. The molecule has 3 N–H and O–H groups in total. The summed E-state index contributed by atoms with van der Waals surface area (Å²) in [6.07, 6.45) is 4.26. The molecule has 2 atom stereocenters. The Hall–Kier alpha value is -0.0800. The largest absolute Gasteiger partial charge is 0.329 e. The highest BCUT2D eigenvalue weighted by molar-refractivity contribution is 4.74. The molecule has 1 aliphatic carbocycles. The van der Waals surface area contributed by atoms with Gasteiger partial charge in [0.15, 0.2) is 0 Å². The lowest BCUT2D eigenvalue weighted by atomic mass is 10.1. The zero-order valence-corrected chi connectivity index (χ0v) is 7.47. The van der Waals surface area contributed by atoms with Gasteiger partial charge in [0.25, 0.3) is 0 Å². The monoisotopic (exact) mass is 156 g/mol. The first-order chi connectivity index (χ1) is 5.33. The summed E-state index contributed by atoms with van der Waals surface area (Å²) in [7, 11) is 0. The van der Waals surface area contributed by atoms with Crippen LogP contribution in [0.25, 0.3) is 0 Å². The van der Waals surface area contributed by atoms with E-state index in [0.717, 1.165) is 24.9 Å². The molecule has 0 heterocycles. The predicted molar refractivity (Wildman–Crippen MR) is 48.4 cm³/mol. The Morgan fingerprint density at radius 3 is 2.82 bits per heavy atom. The van der Waals surface area contributed by atoms with Gasteiger partial charge in [-0.3, -0.25) is 0 Å². The Morgan fingerprint density at radius 1 is 1.45 bits per heavy atom. The summed E-state index contributed by atoms with van der Waals surface area (Å²) in [6.45, 7) is 5.28. The summed E-state index contributed by atoms with van der Waals surface area (Å²) in [6, 6.07) is 0. The van der Waals surface area contributed by atoms with Crippen molar-refractivity contribution in [2.24, 2.45) is 17.6 Å². The molecule has 2 nitrogen and oxygen atoms in total. The van der Waals surface area contributed by atoms with Crippen molar-refractivity contribution in [1.82, 2.24) is 5.32 Å². The lowest BCUT2D eigenvalue weighted by Crippen LogP contribution is -2.27. The van der Waals surface area contributed by atoms with E-state index in [1.807, 2.05) is 0 Å². The standard InChI is InChI=1S/C9H20N2/c1-8-2-3-9(6-8)7-11-5-4-10/h8-9,11H,2-7,10H2,1H3. The van der Waals surface area contributed by atoms with Crippen LogP contribution in [0, 0.1) is 11.8 Å². The second kappa shape index (κ2) is 4.73. The molecular weight excluding hydrogens is 136 g/mol. The highest BCUT2D eigenvalue weighted by Gasteiger charge is 2.20. The first kappa shape index (κ1) is 9.01. The summed E-state index contributed by atoms with van der Waals surface area (Å²) < 4.78 is 0. The van der Waals surface area contributed by atoms with Crippen LogP contribution in [0.3, 0.4) is 0 Å². The lowest BCUT2D eigenvalue weighted by molar-refractivity contribution is 0.474. The van der Waals surface area contributed by atoms with Gasteiger partial charge in [-0.2, -0.15) is 0 Å². The fraction of sp³-hybridized carbons (Fsp3) is 1.00. The minimum atomic E-state index is 0.766. The zero-order valence-electron chi connectivity index (χ0n) is 7.47. The van der Waals surface area contributed by atoms with Crippen LogP contribution < -0.4 is 11.1 Å². The van der Waals surface area contributed by atoms with Crippen LogP contribution in [0.15, 0.2) is 0 Å². The number of rotatable bonds is 4. The molecule has 2 heteroatoms. The maximum Gasteiger partial charge on any atom is 0.00746 e. The van der Waals surface area contributed by atoms with E-state index in [1.165, 1.54) is 25.8 Å². The Kier molecular flexibility index (Phi) is 3.87. The van der Waals surface area contributed by atoms with Crippen molar-refractivity contribution in [3.05, 3.63) is 0 Å². The van der Waals surface area contributed by atoms with E-state index in [2.05, 4.69) is 12.2 Å². The molecule has 11 heavy (non-hydrogen) atoms. The maximum atomic E-state index is 5.38. The van der Waals surface area contributed by atoms with Crippen molar-refractivity contribution in [1.29, 1.82) is 0 Å². The predicted octanol–water partition coefficient (Wildman–Crippen LogP) is 0.971. The van der Waals surface area contributed by atoms with Crippen molar-refractivity contribution in [3.63, 3.8) is 0 Å². The molecule has 0 saturated heterocycles. The molecule has 0 radical (unpaired) electrons. The second-order valence-electron chi connectivity index (χ2n) is 3.78. The molecule has 0 aliphatic heterocycles. The Bertz CT molecular complexity index is 104. The molecule has 0 bridgehead atoms. The average Bonchev–Trinajstić information content (AvgIpc) is 2.37. The van der Waals surface area contributed by atoms with Crippen molar-refractivity contribution in [3.8, 4) is 0 Å². The zero-order chi connectivity index (χ0) is 8.10. The molecule has 0 aromatic rings. The minimum Gasteiger partial charge on any atom is -0.329 e. The number of nitrogens with one attached hydrogen (secondary N) is 1. The van der Waals surface area contributed by atoms with Crippen LogP contribution >= 0.6 is 0 Å². The molecular formula is C9H20N2. The Balaban J connectivity index is 1.99. The quantitative estimate of drug-likeness (QED) is 0.595. The van der Waals surface area contributed by atoms with Gasteiger partial charge < -0.3 is 11.1 Å². The van der Waals surface area contributed by atoms with Gasteiger partial charge >= 0.3 is 0 Å². The summed E-state index contributed by atoms with van der Waals surface area (Å²) in [5, 5.41) is 3.37. The van der Waals surface area contributed by atoms with Gasteiger partial charge in [0.2, 0.25) is 0 Å². The molecule has 1 aliphatic rings. The van der Waals surface area contributed by atoms with E-state index in [9.17, 15) is 0 Å². The van der Waals surface area contributed by atoms with Gasteiger partial charge in [0, 0.05) is 13.1 Å². The Morgan fingerprint density at radius 2 is 2.27 bits per heavy atom. The molecule has 1 fully saturated rings. The van der Waals surface area contributed by atoms with Gasteiger partial charge in [-0.15, -0.1) is 0 Å². The summed E-state index contributed by atoms with van der Waals surface area (Å²) in [5.74, 6) is 1.89. The molecule has 0 spiro atoms. The van der Waals surface area contributed by atoms with E-state index in [1.54, 1.807) is 0 Å². The highest BCUT2D eigenvalue weighted by atomic mass is 14.9. The van der Waals surface area contributed by atoms with Crippen LogP contribution in [-0.4, -0.2) is 19.6 Å². The first-order valence-corrected chi connectivity index (χ1v) is 4.73. The second-order valence-corrected chi connectivity index (χ2v) is 3.78. The Labute approximate surface area is 69.5 Å². The molecule has 66 valence electrons. The van der Waals surface area contributed by atoms with Crippen molar-refractivity contribution >= 4 is 0 Å². The van der Waals surface area contributed by atoms with Crippen LogP contribution in [0.1, 0.15) is 26.2 Å². The van der Waals surface area contributed by atoms with Gasteiger partial charge in [0.05, 0.1) is 0 Å². The molecule has 1 saturated carbocycles. The van der Waals surface area contributed by atoms with Gasteiger partial charge in [-0.25, -0.2) is 0 Å². The normalized spacial score (nSPS) is 31.1. The number of nitrogens with two attached hydrogens (primary N) is 1. The van der Waals surface area contributed by atoms with Gasteiger partial charge in [-0.05, 0) is 31.2 Å². The fourth-order valence-electron chi connectivity index (χ4n) is 1.92. The van der Waals surface area contributed by atoms with Gasteiger partial charge in [-0.1, -0.05) is 13.3 Å². The maximum absolute atomic E-state index is 5.38. The fourth-order valence-corrected chi connectivity index (χ4v) is 1.92. The summed E-state index contributed by atoms with van der Waals surface area (Å²) in [4.78, 5) is 0. The van der Waals surface area contributed by atoms with Crippen molar-refractivity contribution in [2.75, 3.05) is 19.6 Å². The third-order valence-electron chi connectivity index (χ3n) is 2.56. The van der Waals surface area contributed by atoms with Crippen LogP contribution in [0.5, 0.6) is 0 Å². The third-order valence-corrected chi connectivity index (χ3v) is 2.56. The lowest BCUT2D eigenvalue weighted by Gasteiger charge is -2.09. The van der Waals surface area contributed by atoms with Crippen LogP contribution in [0.2, 0.25) is 0 Å². The average molecular weight is 156 g/mol. The van der Waals surface area contributed by atoms with E-state index in [-0.39, 0.29) is 0 Å². The van der Waals surface area contributed by atoms with Crippen molar-refractivity contribution < 1.29 is 0 Å². The summed E-state index contributed by atoms with van der Waals surface area (Å²) >= 11 is 0. The first-order valence-electron chi connectivity index (χ1n) is 4.73. The van der Waals surface area contributed by atoms with E-state index < -0.39 is 0 Å². The molecule has 1 rings (SSSR count). The molecule has 2 unspecified atom stereocenters. The summed E-state index contributed by atoms with van der Waals surface area (Å²) in [5.41, 5.74) is 5.38. The molecule has 0 aromatic carbocycles. The highest BCUT2D eigenvalue weighted by Crippen LogP contribution is 2.29. The van der Waals surface area contributed by atoms with Crippen molar-refractivity contribution in [2.45, 2.75) is 26.2 Å². The smallest absolute Gasteiger partial charge is 0.00746 e. The SMILES string of the molecule is CC1CCC(CNCCN)C1. The topological polar surface area (TPSA) is 38.0 Å².